The smallest absolute Gasteiger partial charge is 0.314 e. The molecule has 1 aliphatic rings. The lowest BCUT2D eigenvalue weighted by Crippen LogP contribution is -2.05. The Kier molecular flexibility index (Phi) is 2.72. The van der Waals surface area contributed by atoms with Crippen LogP contribution >= 0.6 is 0 Å². The molecule has 1 aromatic heterocycles. The van der Waals surface area contributed by atoms with Gasteiger partial charge in [0.1, 0.15) is 5.75 Å². The molecule has 0 saturated heterocycles. The fourth-order valence-corrected chi connectivity index (χ4v) is 2.75. The molecule has 2 aromatic rings. The zero-order chi connectivity index (χ0) is 13.5. The summed E-state index contributed by atoms with van der Waals surface area (Å²) in [7, 11) is -4.43. The number of hydrogen-bond donors (Lipinski definition) is 1. The van der Waals surface area contributed by atoms with E-state index in [0.29, 0.717) is 17.9 Å². The Hall–Kier alpha value is -1.99. The minimum absolute atomic E-state index is 0.288. The minimum atomic E-state index is -4.43. The first-order valence-electron chi connectivity index (χ1n) is 5.61. The summed E-state index contributed by atoms with van der Waals surface area (Å²) in [4.78, 5) is 0. The molecule has 0 aliphatic carbocycles. The molecule has 0 unspecified atom stereocenters. The first-order valence-corrected chi connectivity index (χ1v) is 7.05. The molecular formula is C12H10N2O4S. The van der Waals surface area contributed by atoms with Gasteiger partial charge in [-0.25, -0.2) is 0 Å². The van der Waals surface area contributed by atoms with Crippen LogP contribution in [-0.2, 0) is 16.5 Å². The normalized spacial score (nSPS) is 13.9. The van der Waals surface area contributed by atoms with E-state index in [1.807, 2.05) is 12.1 Å². The summed E-state index contributed by atoms with van der Waals surface area (Å²) in [5.74, 6) is 0.639. The first-order chi connectivity index (χ1) is 9.07. The SMILES string of the molecule is O=S(=O)(O)c1nnccc1-c1cccc2c1OCC2. The van der Waals surface area contributed by atoms with Crippen LogP contribution in [0.15, 0.2) is 35.5 Å². The van der Waals surface area contributed by atoms with Gasteiger partial charge in [-0.15, -0.1) is 5.10 Å². The zero-order valence-electron chi connectivity index (χ0n) is 9.78. The van der Waals surface area contributed by atoms with Gasteiger partial charge in [-0.05, 0) is 11.6 Å². The highest BCUT2D eigenvalue weighted by molar-refractivity contribution is 7.85. The molecule has 0 atom stereocenters. The predicted molar refractivity (Wildman–Crippen MR) is 66.5 cm³/mol. The van der Waals surface area contributed by atoms with Gasteiger partial charge in [-0.3, -0.25) is 4.55 Å². The van der Waals surface area contributed by atoms with Crippen LogP contribution in [0.4, 0.5) is 0 Å². The Morgan fingerprint density at radius 1 is 1.21 bits per heavy atom. The molecule has 19 heavy (non-hydrogen) atoms. The molecule has 2 heterocycles. The molecule has 0 spiro atoms. The number of para-hydroxylation sites is 1. The fraction of sp³-hybridized carbons (Fsp3) is 0.167. The van der Waals surface area contributed by atoms with Crippen molar-refractivity contribution in [3.8, 4) is 16.9 Å². The van der Waals surface area contributed by atoms with Gasteiger partial charge in [0.15, 0.2) is 0 Å². The maximum Gasteiger partial charge on any atom is 0.314 e. The molecule has 98 valence electrons. The van der Waals surface area contributed by atoms with Crippen molar-refractivity contribution < 1.29 is 17.7 Å². The van der Waals surface area contributed by atoms with E-state index in [1.165, 1.54) is 12.3 Å². The summed E-state index contributed by atoms with van der Waals surface area (Å²) in [5.41, 5.74) is 1.89. The summed E-state index contributed by atoms with van der Waals surface area (Å²) < 4.78 is 37.4. The van der Waals surface area contributed by atoms with E-state index in [4.69, 9.17) is 4.74 Å². The predicted octanol–water partition coefficient (Wildman–Crippen LogP) is 1.33. The highest BCUT2D eigenvalue weighted by Crippen LogP contribution is 2.38. The Labute approximate surface area is 109 Å². The van der Waals surface area contributed by atoms with E-state index in [9.17, 15) is 13.0 Å². The van der Waals surface area contributed by atoms with E-state index < -0.39 is 15.1 Å². The van der Waals surface area contributed by atoms with Crippen LogP contribution in [-0.4, -0.2) is 29.8 Å². The molecular weight excluding hydrogens is 268 g/mol. The summed E-state index contributed by atoms with van der Waals surface area (Å²) >= 11 is 0. The van der Waals surface area contributed by atoms with Crippen LogP contribution in [0.3, 0.4) is 0 Å². The Morgan fingerprint density at radius 3 is 2.84 bits per heavy atom. The molecule has 3 rings (SSSR count). The molecule has 0 amide bonds. The summed E-state index contributed by atoms with van der Waals surface area (Å²) in [6.07, 6.45) is 2.15. The van der Waals surface area contributed by atoms with Gasteiger partial charge in [0.2, 0.25) is 5.03 Å². The van der Waals surface area contributed by atoms with Crippen LogP contribution in [0.2, 0.25) is 0 Å². The van der Waals surface area contributed by atoms with Crippen LogP contribution in [0, 0.1) is 0 Å². The Bertz CT molecular complexity index is 743. The second kappa shape index (κ2) is 4.29. The molecule has 0 saturated carbocycles. The van der Waals surface area contributed by atoms with Gasteiger partial charge in [0, 0.05) is 17.5 Å². The number of fused-ring (bicyclic) bond motifs is 1. The van der Waals surface area contributed by atoms with Crippen molar-refractivity contribution in [3.05, 3.63) is 36.0 Å². The monoisotopic (exact) mass is 278 g/mol. The lowest BCUT2D eigenvalue weighted by molar-refractivity contribution is 0.358. The molecule has 7 heteroatoms. The maximum absolute atomic E-state index is 11.3. The lowest BCUT2D eigenvalue weighted by Gasteiger charge is -2.09. The molecule has 1 aliphatic heterocycles. The number of nitrogens with zero attached hydrogens (tertiary/aromatic N) is 2. The van der Waals surface area contributed by atoms with Crippen molar-refractivity contribution in [2.24, 2.45) is 0 Å². The van der Waals surface area contributed by atoms with E-state index in [0.717, 1.165) is 12.0 Å². The first kappa shape index (κ1) is 12.1. The zero-order valence-corrected chi connectivity index (χ0v) is 10.6. The molecule has 1 N–H and O–H groups in total. The number of hydrogen-bond acceptors (Lipinski definition) is 5. The lowest BCUT2D eigenvalue weighted by atomic mass is 10.0. The van der Waals surface area contributed by atoms with Crippen LogP contribution in [0.1, 0.15) is 5.56 Å². The molecule has 0 bridgehead atoms. The van der Waals surface area contributed by atoms with Crippen LogP contribution < -0.4 is 4.74 Å². The number of ether oxygens (including phenoxy) is 1. The topological polar surface area (TPSA) is 89.4 Å². The van der Waals surface area contributed by atoms with Crippen molar-refractivity contribution in [1.82, 2.24) is 10.2 Å². The fourth-order valence-electron chi connectivity index (χ4n) is 2.14. The Balaban J connectivity index is 2.27. The largest absolute Gasteiger partial charge is 0.492 e. The van der Waals surface area contributed by atoms with Crippen LogP contribution in [0.25, 0.3) is 11.1 Å². The van der Waals surface area contributed by atoms with Crippen molar-refractivity contribution >= 4 is 10.1 Å². The number of rotatable bonds is 2. The van der Waals surface area contributed by atoms with Gasteiger partial charge in [-0.1, -0.05) is 18.2 Å². The standard InChI is InChI=1S/C12H10N2O4S/c15-19(16,17)12-10(4-6-13-14-12)9-3-1-2-8-5-7-18-11(8)9/h1-4,6H,5,7H2,(H,15,16,17). The highest BCUT2D eigenvalue weighted by Gasteiger charge is 2.24. The molecule has 0 radical (unpaired) electrons. The van der Waals surface area contributed by atoms with Crippen molar-refractivity contribution in [2.45, 2.75) is 11.4 Å². The number of benzene rings is 1. The molecule has 1 aromatic carbocycles. The summed E-state index contributed by atoms with van der Waals surface area (Å²) in [5, 5.41) is 6.55. The average molecular weight is 278 g/mol. The van der Waals surface area contributed by atoms with Gasteiger partial charge in [-0.2, -0.15) is 13.5 Å². The van der Waals surface area contributed by atoms with Crippen LogP contribution in [0.5, 0.6) is 5.75 Å². The van der Waals surface area contributed by atoms with Crippen molar-refractivity contribution in [2.75, 3.05) is 6.61 Å². The third-order valence-electron chi connectivity index (χ3n) is 2.94. The molecule has 0 fully saturated rings. The van der Waals surface area contributed by atoms with Crippen molar-refractivity contribution in [1.29, 1.82) is 0 Å². The van der Waals surface area contributed by atoms with E-state index in [1.54, 1.807) is 6.07 Å². The molecule has 6 nitrogen and oxygen atoms in total. The van der Waals surface area contributed by atoms with E-state index >= 15 is 0 Å². The van der Waals surface area contributed by atoms with Gasteiger partial charge in [0.25, 0.3) is 0 Å². The van der Waals surface area contributed by atoms with Gasteiger partial charge >= 0.3 is 10.1 Å². The third-order valence-corrected chi connectivity index (χ3v) is 3.73. The van der Waals surface area contributed by atoms with E-state index in [-0.39, 0.29) is 5.56 Å². The summed E-state index contributed by atoms with van der Waals surface area (Å²) in [6.45, 7) is 0.562. The highest BCUT2D eigenvalue weighted by atomic mass is 32.2. The average Bonchev–Trinajstić information content (AvgIpc) is 2.85. The maximum atomic E-state index is 11.3. The second-order valence-corrected chi connectivity index (χ2v) is 5.45. The third kappa shape index (κ3) is 2.06. The van der Waals surface area contributed by atoms with Crippen molar-refractivity contribution in [3.63, 3.8) is 0 Å². The van der Waals surface area contributed by atoms with Gasteiger partial charge in [0.05, 0.1) is 12.8 Å². The number of aromatic nitrogens is 2. The summed E-state index contributed by atoms with van der Waals surface area (Å²) in [6, 6.07) is 6.97. The van der Waals surface area contributed by atoms with E-state index in [2.05, 4.69) is 10.2 Å². The van der Waals surface area contributed by atoms with Gasteiger partial charge < -0.3 is 4.74 Å². The quantitative estimate of drug-likeness (QED) is 0.833. The Morgan fingerprint density at radius 2 is 2.05 bits per heavy atom. The second-order valence-electron chi connectivity index (χ2n) is 4.12. The minimum Gasteiger partial charge on any atom is -0.492 e.